The van der Waals surface area contributed by atoms with Crippen molar-refractivity contribution in [2.45, 2.75) is 20.4 Å². The van der Waals surface area contributed by atoms with Crippen molar-refractivity contribution < 1.29 is 9.53 Å². The summed E-state index contributed by atoms with van der Waals surface area (Å²) in [4.78, 5) is 35.8. The Balaban J connectivity index is 1.47. The highest BCUT2D eigenvalue weighted by atomic mass is 32.1. The van der Waals surface area contributed by atoms with Crippen molar-refractivity contribution >= 4 is 43.4 Å². The number of methoxy groups -OCH3 is 1. The standard InChI is InChI=1S/C26H22N4O3S/c1-15-8-9-17(12-16(15)2)19-11-10-18-23-24(34-25(18)29-19)26(32)30(14-27-23)13-22(31)28-20-6-4-5-7-21(20)33-3/h4-12,14H,13H2,1-3H3,(H,28,31). The minimum atomic E-state index is -0.344. The van der Waals surface area contributed by atoms with E-state index in [9.17, 15) is 9.59 Å². The number of thiophene rings is 1. The summed E-state index contributed by atoms with van der Waals surface area (Å²) in [5, 5.41) is 3.61. The summed E-state index contributed by atoms with van der Waals surface area (Å²) < 4.78 is 7.06. The molecule has 0 atom stereocenters. The number of ether oxygens (including phenoxy) is 1. The number of anilines is 1. The molecule has 0 radical (unpaired) electrons. The van der Waals surface area contributed by atoms with Crippen LogP contribution in [-0.4, -0.2) is 27.6 Å². The number of carbonyl (C=O) groups excluding carboxylic acids is 1. The molecule has 3 heterocycles. The van der Waals surface area contributed by atoms with Gasteiger partial charge in [-0.3, -0.25) is 14.2 Å². The van der Waals surface area contributed by atoms with Gasteiger partial charge in [-0.15, -0.1) is 11.3 Å². The molecule has 0 saturated carbocycles. The molecule has 1 N–H and O–H groups in total. The second-order valence-electron chi connectivity index (χ2n) is 8.05. The SMILES string of the molecule is COc1ccccc1NC(=O)Cn1cnc2c(sc3nc(-c4ccc(C)c(C)c4)ccc32)c1=O. The number of fused-ring (bicyclic) bond motifs is 3. The Morgan fingerprint density at radius 3 is 2.71 bits per heavy atom. The number of benzene rings is 2. The predicted octanol–water partition coefficient (Wildman–Crippen LogP) is 4.94. The number of para-hydroxylation sites is 2. The number of pyridine rings is 1. The molecule has 0 aliphatic rings. The molecule has 0 aliphatic carbocycles. The zero-order valence-electron chi connectivity index (χ0n) is 19.0. The molecule has 1 amide bonds. The number of amides is 1. The molecule has 2 aromatic carbocycles. The fourth-order valence-electron chi connectivity index (χ4n) is 3.82. The quantitative estimate of drug-likeness (QED) is 0.393. The lowest BCUT2D eigenvalue weighted by Crippen LogP contribution is -2.27. The molecule has 34 heavy (non-hydrogen) atoms. The Morgan fingerprint density at radius 2 is 1.91 bits per heavy atom. The summed E-state index contributed by atoms with van der Waals surface area (Å²) in [5.74, 6) is 0.205. The number of hydrogen-bond donors (Lipinski definition) is 1. The van der Waals surface area contributed by atoms with E-state index in [4.69, 9.17) is 9.72 Å². The summed E-state index contributed by atoms with van der Waals surface area (Å²) in [6.07, 6.45) is 1.41. The fourth-order valence-corrected chi connectivity index (χ4v) is 4.89. The molecule has 7 nitrogen and oxygen atoms in total. The Labute approximate surface area is 199 Å². The Hall–Kier alpha value is -4.04. The predicted molar refractivity (Wildman–Crippen MR) is 136 cm³/mol. The summed E-state index contributed by atoms with van der Waals surface area (Å²) >= 11 is 1.30. The Bertz CT molecular complexity index is 1620. The van der Waals surface area contributed by atoms with Gasteiger partial charge < -0.3 is 10.1 Å². The number of hydrogen-bond acceptors (Lipinski definition) is 6. The molecule has 0 spiro atoms. The molecule has 5 aromatic rings. The van der Waals surface area contributed by atoms with Crippen LogP contribution in [0.25, 0.3) is 31.7 Å². The van der Waals surface area contributed by atoms with Gasteiger partial charge >= 0.3 is 0 Å². The molecule has 0 fully saturated rings. The molecule has 3 aromatic heterocycles. The number of nitrogens with one attached hydrogen (secondary N) is 1. The van der Waals surface area contributed by atoms with Crippen molar-refractivity contribution in [3.8, 4) is 17.0 Å². The van der Waals surface area contributed by atoms with Crippen LogP contribution in [0.3, 0.4) is 0 Å². The van der Waals surface area contributed by atoms with Gasteiger partial charge in [-0.1, -0.05) is 24.3 Å². The average molecular weight is 471 g/mol. The number of carbonyl (C=O) groups is 1. The van der Waals surface area contributed by atoms with E-state index in [1.807, 2.05) is 18.2 Å². The minimum absolute atomic E-state index is 0.157. The third kappa shape index (κ3) is 3.92. The molecule has 0 saturated heterocycles. The zero-order chi connectivity index (χ0) is 23.8. The van der Waals surface area contributed by atoms with Gasteiger partial charge in [0.1, 0.15) is 21.8 Å². The largest absolute Gasteiger partial charge is 0.495 e. The monoisotopic (exact) mass is 470 g/mol. The highest BCUT2D eigenvalue weighted by molar-refractivity contribution is 7.25. The Morgan fingerprint density at radius 1 is 1.09 bits per heavy atom. The van der Waals surface area contributed by atoms with E-state index in [1.165, 1.54) is 40.5 Å². The van der Waals surface area contributed by atoms with E-state index < -0.39 is 0 Å². The molecular weight excluding hydrogens is 448 g/mol. The second kappa shape index (κ2) is 8.72. The van der Waals surface area contributed by atoms with E-state index in [0.717, 1.165) is 21.5 Å². The van der Waals surface area contributed by atoms with Gasteiger partial charge in [0.15, 0.2) is 0 Å². The van der Waals surface area contributed by atoms with Gasteiger partial charge in [-0.2, -0.15) is 0 Å². The van der Waals surface area contributed by atoms with E-state index >= 15 is 0 Å². The normalized spacial score (nSPS) is 11.1. The van der Waals surface area contributed by atoms with E-state index in [2.05, 4.69) is 42.3 Å². The maximum absolute atomic E-state index is 13.1. The third-order valence-corrected chi connectivity index (χ3v) is 6.88. The van der Waals surface area contributed by atoms with Crippen LogP contribution >= 0.6 is 11.3 Å². The topological polar surface area (TPSA) is 86.1 Å². The average Bonchev–Trinajstić information content (AvgIpc) is 3.21. The van der Waals surface area contributed by atoms with Crippen LogP contribution in [0.2, 0.25) is 0 Å². The highest BCUT2D eigenvalue weighted by Crippen LogP contribution is 2.31. The van der Waals surface area contributed by atoms with Gasteiger partial charge in [0.25, 0.3) is 5.56 Å². The molecule has 0 aliphatic heterocycles. The first-order valence-electron chi connectivity index (χ1n) is 10.7. The first-order valence-corrected chi connectivity index (χ1v) is 11.6. The van der Waals surface area contributed by atoms with Gasteiger partial charge in [-0.05, 0) is 55.3 Å². The summed E-state index contributed by atoms with van der Waals surface area (Å²) in [7, 11) is 1.54. The number of aromatic nitrogens is 3. The van der Waals surface area contributed by atoms with Gasteiger partial charge in [0, 0.05) is 10.9 Å². The minimum Gasteiger partial charge on any atom is -0.495 e. The summed E-state index contributed by atoms with van der Waals surface area (Å²) in [5.41, 5.74) is 5.18. The first kappa shape index (κ1) is 21.8. The van der Waals surface area contributed by atoms with Crippen LogP contribution < -0.4 is 15.6 Å². The van der Waals surface area contributed by atoms with Crippen LogP contribution in [-0.2, 0) is 11.3 Å². The molecular formula is C26H22N4O3S. The highest BCUT2D eigenvalue weighted by Gasteiger charge is 2.16. The van der Waals surface area contributed by atoms with E-state index in [0.29, 0.717) is 21.7 Å². The van der Waals surface area contributed by atoms with Crippen molar-refractivity contribution in [2.24, 2.45) is 0 Å². The van der Waals surface area contributed by atoms with Crippen LogP contribution in [0, 0.1) is 13.8 Å². The molecule has 0 unspecified atom stereocenters. The van der Waals surface area contributed by atoms with Gasteiger partial charge in [-0.25, -0.2) is 9.97 Å². The fraction of sp³-hybridized carbons (Fsp3) is 0.154. The molecule has 8 heteroatoms. The van der Waals surface area contributed by atoms with Crippen molar-refractivity contribution in [3.63, 3.8) is 0 Å². The lowest BCUT2D eigenvalue weighted by molar-refractivity contribution is -0.116. The second-order valence-corrected chi connectivity index (χ2v) is 9.05. The smallest absolute Gasteiger partial charge is 0.271 e. The van der Waals surface area contributed by atoms with Crippen molar-refractivity contribution in [1.29, 1.82) is 0 Å². The van der Waals surface area contributed by atoms with Crippen LogP contribution in [0.5, 0.6) is 5.75 Å². The van der Waals surface area contributed by atoms with Crippen LogP contribution in [0.4, 0.5) is 5.69 Å². The maximum atomic E-state index is 13.1. The molecule has 0 bridgehead atoms. The lowest BCUT2D eigenvalue weighted by atomic mass is 10.0. The van der Waals surface area contributed by atoms with Gasteiger partial charge in [0.2, 0.25) is 5.91 Å². The van der Waals surface area contributed by atoms with Gasteiger partial charge in [0.05, 0.1) is 30.3 Å². The molecule has 5 rings (SSSR count). The maximum Gasteiger partial charge on any atom is 0.271 e. The number of aryl methyl sites for hydroxylation is 2. The van der Waals surface area contributed by atoms with Crippen molar-refractivity contribution in [3.05, 3.63) is 82.4 Å². The number of nitrogens with zero attached hydrogens (tertiary/aromatic N) is 3. The van der Waals surface area contributed by atoms with Crippen LogP contribution in [0.1, 0.15) is 11.1 Å². The summed E-state index contributed by atoms with van der Waals surface area (Å²) in [6, 6.07) is 17.3. The van der Waals surface area contributed by atoms with Crippen molar-refractivity contribution in [1.82, 2.24) is 14.5 Å². The molecule has 170 valence electrons. The van der Waals surface area contributed by atoms with Crippen LogP contribution in [0.15, 0.2) is 65.7 Å². The van der Waals surface area contributed by atoms with E-state index in [-0.39, 0.29) is 18.0 Å². The number of rotatable bonds is 5. The third-order valence-electron chi connectivity index (χ3n) is 5.81. The Kier molecular flexibility index (Phi) is 5.59. The lowest BCUT2D eigenvalue weighted by Gasteiger charge is -2.10. The first-order chi connectivity index (χ1) is 16.4. The summed E-state index contributed by atoms with van der Waals surface area (Å²) in [6.45, 7) is 4.00. The van der Waals surface area contributed by atoms with Crippen molar-refractivity contribution in [2.75, 3.05) is 12.4 Å². The van der Waals surface area contributed by atoms with E-state index in [1.54, 1.807) is 18.2 Å². The zero-order valence-corrected chi connectivity index (χ0v) is 19.8.